The SMILES string of the molecule is CC(C)CCN1CCN(c2ccc3nc(C(C)(C)C)[nH]c3c2)CC1.CCC. The van der Waals surface area contributed by atoms with E-state index in [0.29, 0.717) is 0 Å². The predicted octanol–water partition coefficient (Wildman–Crippen LogP) is 5.44. The van der Waals surface area contributed by atoms with Gasteiger partial charge in [-0.3, -0.25) is 4.90 Å². The zero-order valence-corrected chi connectivity index (χ0v) is 18.6. The van der Waals surface area contributed by atoms with E-state index in [9.17, 15) is 0 Å². The minimum atomic E-state index is 0.0568. The van der Waals surface area contributed by atoms with E-state index in [2.05, 4.69) is 81.4 Å². The first-order chi connectivity index (χ1) is 12.7. The van der Waals surface area contributed by atoms with Crippen molar-refractivity contribution in [1.29, 1.82) is 0 Å². The molecule has 27 heavy (non-hydrogen) atoms. The van der Waals surface area contributed by atoms with Gasteiger partial charge in [0, 0.05) is 37.3 Å². The van der Waals surface area contributed by atoms with Gasteiger partial charge in [0.15, 0.2) is 0 Å². The zero-order valence-electron chi connectivity index (χ0n) is 18.6. The minimum absolute atomic E-state index is 0.0568. The van der Waals surface area contributed by atoms with Crippen LogP contribution in [0.5, 0.6) is 0 Å². The summed E-state index contributed by atoms with van der Waals surface area (Å²) >= 11 is 0. The summed E-state index contributed by atoms with van der Waals surface area (Å²) in [4.78, 5) is 13.4. The van der Waals surface area contributed by atoms with Crippen molar-refractivity contribution < 1.29 is 0 Å². The van der Waals surface area contributed by atoms with Crippen LogP contribution >= 0.6 is 0 Å². The molecule has 0 radical (unpaired) electrons. The molecule has 152 valence electrons. The molecule has 0 unspecified atom stereocenters. The molecular weight excluding hydrogens is 332 g/mol. The molecule has 1 aliphatic rings. The first-order valence-electron chi connectivity index (χ1n) is 10.7. The molecule has 0 atom stereocenters. The molecule has 1 aromatic carbocycles. The number of rotatable bonds is 4. The summed E-state index contributed by atoms with van der Waals surface area (Å²) < 4.78 is 0. The van der Waals surface area contributed by atoms with Crippen molar-refractivity contribution in [2.45, 2.75) is 66.7 Å². The number of benzene rings is 1. The fourth-order valence-electron chi connectivity index (χ4n) is 3.22. The Kier molecular flexibility index (Phi) is 7.72. The number of hydrogen-bond acceptors (Lipinski definition) is 3. The van der Waals surface area contributed by atoms with Crippen molar-refractivity contribution in [2.24, 2.45) is 5.92 Å². The molecule has 2 heterocycles. The highest BCUT2D eigenvalue weighted by Crippen LogP contribution is 2.26. The number of anilines is 1. The summed E-state index contributed by atoms with van der Waals surface area (Å²) in [7, 11) is 0. The van der Waals surface area contributed by atoms with Gasteiger partial charge in [-0.25, -0.2) is 4.98 Å². The lowest BCUT2D eigenvalue weighted by Gasteiger charge is -2.36. The van der Waals surface area contributed by atoms with Gasteiger partial charge in [0.05, 0.1) is 11.0 Å². The monoisotopic (exact) mass is 372 g/mol. The summed E-state index contributed by atoms with van der Waals surface area (Å²) in [6, 6.07) is 6.64. The van der Waals surface area contributed by atoms with E-state index in [1.165, 1.54) is 38.2 Å². The third-order valence-electron chi connectivity index (χ3n) is 4.94. The smallest absolute Gasteiger partial charge is 0.112 e. The zero-order chi connectivity index (χ0) is 20.0. The van der Waals surface area contributed by atoms with Gasteiger partial charge < -0.3 is 9.88 Å². The van der Waals surface area contributed by atoms with Crippen LogP contribution in [0.4, 0.5) is 5.69 Å². The number of piperazine rings is 1. The summed E-state index contributed by atoms with van der Waals surface area (Å²) in [5.74, 6) is 1.86. The van der Waals surface area contributed by atoms with E-state index in [-0.39, 0.29) is 5.41 Å². The van der Waals surface area contributed by atoms with Gasteiger partial charge in [0.2, 0.25) is 0 Å². The van der Waals surface area contributed by atoms with Gasteiger partial charge in [-0.05, 0) is 37.1 Å². The van der Waals surface area contributed by atoms with Crippen molar-refractivity contribution in [3.05, 3.63) is 24.0 Å². The maximum Gasteiger partial charge on any atom is 0.112 e. The van der Waals surface area contributed by atoms with Gasteiger partial charge in [-0.15, -0.1) is 0 Å². The van der Waals surface area contributed by atoms with Crippen LogP contribution in [0.1, 0.15) is 67.1 Å². The standard InChI is InChI=1S/C20H32N4.C3H8/c1-15(2)8-9-23-10-12-24(13-11-23)16-6-7-17-18(14-16)22-19(21-17)20(3,4)5;1-3-2/h6-7,14-15H,8-13H2,1-5H3,(H,21,22);3H2,1-2H3. The average Bonchev–Trinajstić information content (AvgIpc) is 3.05. The second-order valence-corrected chi connectivity index (χ2v) is 9.26. The first-order valence-corrected chi connectivity index (χ1v) is 10.7. The maximum atomic E-state index is 4.74. The van der Waals surface area contributed by atoms with E-state index < -0.39 is 0 Å². The van der Waals surface area contributed by atoms with Crippen LogP contribution in [0.3, 0.4) is 0 Å². The van der Waals surface area contributed by atoms with Crippen LogP contribution in [-0.2, 0) is 5.41 Å². The molecular formula is C23H40N4. The Hall–Kier alpha value is -1.55. The Morgan fingerprint density at radius 3 is 2.26 bits per heavy atom. The van der Waals surface area contributed by atoms with Crippen molar-refractivity contribution in [1.82, 2.24) is 14.9 Å². The van der Waals surface area contributed by atoms with Crippen molar-refractivity contribution in [3.8, 4) is 0 Å². The lowest BCUT2D eigenvalue weighted by Crippen LogP contribution is -2.46. The molecule has 0 bridgehead atoms. The van der Waals surface area contributed by atoms with Crippen molar-refractivity contribution >= 4 is 16.7 Å². The fourth-order valence-corrected chi connectivity index (χ4v) is 3.22. The highest BCUT2D eigenvalue weighted by molar-refractivity contribution is 5.80. The molecule has 3 rings (SSSR count). The molecule has 1 saturated heterocycles. The van der Waals surface area contributed by atoms with Crippen LogP contribution in [0, 0.1) is 5.92 Å². The van der Waals surface area contributed by atoms with Gasteiger partial charge in [0.25, 0.3) is 0 Å². The largest absolute Gasteiger partial charge is 0.369 e. The lowest BCUT2D eigenvalue weighted by atomic mass is 9.96. The number of aromatic nitrogens is 2. The number of nitrogens with zero attached hydrogens (tertiary/aromatic N) is 3. The molecule has 2 aromatic rings. The Bertz CT molecular complexity index is 688. The molecule has 1 fully saturated rings. The van der Waals surface area contributed by atoms with Crippen LogP contribution in [0.25, 0.3) is 11.0 Å². The quantitative estimate of drug-likeness (QED) is 0.775. The summed E-state index contributed by atoms with van der Waals surface area (Å²) in [5, 5.41) is 0. The summed E-state index contributed by atoms with van der Waals surface area (Å²) in [6.45, 7) is 21.3. The van der Waals surface area contributed by atoms with Crippen LogP contribution < -0.4 is 4.90 Å². The predicted molar refractivity (Wildman–Crippen MR) is 119 cm³/mol. The normalized spacial score (nSPS) is 15.9. The molecule has 0 amide bonds. The Balaban J connectivity index is 0.000000817. The molecule has 1 aliphatic heterocycles. The second-order valence-electron chi connectivity index (χ2n) is 9.26. The Labute approximate surface area is 166 Å². The van der Waals surface area contributed by atoms with Crippen LogP contribution in [0.2, 0.25) is 0 Å². The number of H-pyrrole nitrogens is 1. The highest BCUT2D eigenvalue weighted by Gasteiger charge is 2.20. The maximum absolute atomic E-state index is 4.74. The van der Waals surface area contributed by atoms with E-state index in [1.54, 1.807) is 0 Å². The molecule has 4 heteroatoms. The minimum Gasteiger partial charge on any atom is -0.369 e. The van der Waals surface area contributed by atoms with E-state index in [1.807, 2.05) is 0 Å². The third-order valence-corrected chi connectivity index (χ3v) is 4.94. The van der Waals surface area contributed by atoms with Gasteiger partial charge >= 0.3 is 0 Å². The van der Waals surface area contributed by atoms with E-state index in [0.717, 1.165) is 35.9 Å². The highest BCUT2D eigenvalue weighted by atomic mass is 15.3. The van der Waals surface area contributed by atoms with Crippen molar-refractivity contribution in [3.63, 3.8) is 0 Å². The van der Waals surface area contributed by atoms with Gasteiger partial charge in [-0.1, -0.05) is 54.9 Å². The summed E-state index contributed by atoms with van der Waals surface area (Å²) in [6.07, 6.45) is 2.55. The van der Waals surface area contributed by atoms with Crippen molar-refractivity contribution in [2.75, 3.05) is 37.6 Å². The molecule has 1 N–H and O–H groups in total. The van der Waals surface area contributed by atoms with Gasteiger partial charge in [0.1, 0.15) is 5.82 Å². The lowest BCUT2D eigenvalue weighted by molar-refractivity contribution is 0.244. The molecule has 0 saturated carbocycles. The fraction of sp³-hybridized carbons (Fsp3) is 0.696. The molecule has 4 nitrogen and oxygen atoms in total. The number of hydrogen-bond donors (Lipinski definition) is 1. The number of fused-ring (bicyclic) bond motifs is 1. The molecule has 0 spiro atoms. The van der Waals surface area contributed by atoms with E-state index in [4.69, 9.17) is 4.98 Å². The number of aromatic amines is 1. The molecule has 1 aromatic heterocycles. The average molecular weight is 373 g/mol. The molecule has 0 aliphatic carbocycles. The Morgan fingerprint density at radius 2 is 1.70 bits per heavy atom. The van der Waals surface area contributed by atoms with Crippen LogP contribution in [-0.4, -0.2) is 47.6 Å². The topological polar surface area (TPSA) is 35.2 Å². The van der Waals surface area contributed by atoms with Crippen LogP contribution in [0.15, 0.2) is 18.2 Å². The third kappa shape index (κ3) is 6.24. The number of nitrogens with one attached hydrogen (secondary N) is 1. The van der Waals surface area contributed by atoms with Gasteiger partial charge in [-0.2, -0.15) is 0 Å². The summed E-state index contributed by atoms with van der Waals surface area (Å²) in [5.41, 5.74) is 3.59. The second kappa shape index (κ2) is 9.59. The Morgan fingerprint density at radius 1 is 1.07 bits per heavy atom. The number of imidazole rings is 1. The first kappa shape index (κ1) is 21.7. The van der Waals surface area contributed by atoms with E-state index >= 15 is 0 Å².